The zero-order valence-electron chi connectivity index (χ0n) is 10.4. The normalized spacial score (nSPS) is 20.4. The Morgan fingerprint density at radius 1 is 1.32 bits per heavy atom. The molecule has 1 atom stereocenters. The summed E-state index contributed by atoms with van der Waals surface area (Å²) >= 11 is 0. The van der Waals surface area contributed by atoms with Gasteiger partial charge >= 0.3 is 0 Å². The Kier molecular flexibility index (Phi) is 4.01. The highest BCUT2D eigenvalue weighted by Crippen LogP contribution is 2.11. The van der Waals surface area contributed by atoms with Crippen molar-refractivity contribution in [1.82, 2.24) is 5.32 Å². The Hall–Kier alpha value is -1.66. The van der Waals surface area contributed by atoms with Gasteiger partial charge in [-0.3, -0.25) is 4.79 Å². The summed E-state index contributed by atoms with van der Waals surface area (Å²) in [5, 5.41) is 3.83. The van der Waals surface area contributed by atoms with Gasteiger partial charge in [0.1, 0.15) is 0 Å². The van der Waals surface area contributed by atoms with Crippen LogP contribution in [0.5, 0.6) is 0 Å². The summed E-state index contributed by atoms with van der Waals surface area (Å²) in [6, 6.07) is 7.02. The van der Waals surface area contributed by atoms with Crippen molar-refractivity contribution < 1.29 is 13.2 Å². The van der Waals surface area contributed by atoms with E-state index in [-0.39, 0.29) is 18.1 Å². The van der Waals surface area contributed by atoms with Crippen LogP contribution in [0.15, 0.2) is 35.7 Å². The van der Waals surface area contributed by atoms with E-state index in [4.69, 9.17) is 5.73 Å². The number of benzene rings is 1. The van der Waals surface area contributed by atoms with E-state index < -0.39 is 15.9 Å². The fraction of sp³-hybridized carbons (Fsp3) is 0.308. The van der Waals surface area contributed by atoms with Gasteiger partial charge in [0.25, 0.3) is 0 Å². The third kappa shape index (κ3) is 3.65. The third-order valence-corrected chi connectivity index (χ3v) is 4.36. The number of sulfone groups is 1. The lowest BCUT2D eigenvalue weighted by Crippen LogP contribution is -2.36. The van der Waals surface area contributed by atoms with Crippen LogP contribution in [-0.2, 0) is 27.6 Å². The summed E-state index contributed by atoms with van der Waals surface area (Å²) in [4.78, 5) is 11.9. The van der Waals surface area contributed by atoms with E-state index in [1.54, 1.807) is 0 Å². The Balaban J connectivity index is 1.97. The number of carbonyl (C=O) groups is 1. The summed E-state index contributed by atoms with van der Waals surface area (Å²) in [5.41, 5.74) is 7.39. The summed E-state index contributed by atoms with van der Waals surface area (Å²) in [7, 11) is -3.14. The van der Waals surface area contributed by atoms with E-state index in [9.17, 15) is 13.2 Å². The lowest BCUT2D eigenvalue weighted by molar-refractivity contribution is -0.120. The second-order valence-electron chi connectivity index (χ2n) is 4.48. The molecular weight excluding hydrogens is 264 g/mol. The van der Waals surface area contributed by atoms with Crippen LogP contribution in [0.1, 0.15) is 11.1 Å². The molecule has 0 saturated heterocycles. The van der Waals surface area contributed by atoms with Crippen molar-refractivity contribution in [3.63, 3.8) is 0 Å². The average Bonchev–Trinajstić information content (AvgIpc) is 2.69. The number of nitrogens with two attached hydrogens (primary N) is 1. The number of hydrogen-bond donors (Lipinski definition) is 2. The molecule has 0 bridgehead atoms. The van der Waals surface area contributed by atoms with Gasteiger partial charge in [0.05, 0.1) is 18.2 Å². The lowest BCUT2D eigenvalue weighted by atomic mass is 10.0. The van der Waals surface area contributed by atoms with Crippen molar-refractivity contribution in [2.75, 3.05) is 5.75 Å². The maximum atomic E-state index is 11.9. The monoisotopic (exact) mass is 280 g/mol. The van der Waals surface area contributed by atoms with Crippen LogP contribution in [0.2, 0.25) is 0 Å². The zero-order valence-corrected chi connectivity index (χ0v) is 11.2. The first kappa shape index (κ1) is 13.8. The van der Waals surface area contributed by atoms with Crippen LogP contribution in [0.25, 0.3) is 0 Å². The van der Waals surface area contributed by atoms with Crippen molar-refractivity contribution in [1.29, 1.82) is 0 Å². The van der Waals surface area contributed by atoms with Crippen LogP contribution in [-0.4, -0.2) is 26.1 Å². The highest BCUT2D eigenvalue weighted by Gasteiger charge is 2.23. The standard InChI is InChI=1S/C13H16N2O3S/c14-8-11-4-2-1-3-10(11)7-13(16)15-12-5-6-19(17,18)9-12/h1-6,12H,7-9,14H2,(H,15,16). The van der Waals surface area contributed by atoms with Crippen LogP contribution in [0.3, 0.4) is 0 Å². The fourth-order valence-electron chi connectivity index (χ4n) is 2.03. The molecule has 2 rings (SSSR count). The predicted octanol–water partition coefficient (Wildman–Crippen LogP) is 0.115. The number of amides is 1. The molecule has 0 aromatic heterocycles. The minimum Gasteiger partial charge on any atom is -0.349 e. The molecule has 0 radical (unpaired) electrons. The summed E-state index contributed by atoms with van der Waals surface area (Å²) in [5.74, 6) is -0.260. The third-order valence-electron chi connectivity index (χ3n) is 2.97. The van der Waals surface area contributed by atoms with E-state index >= 15 is 0 Å². The molecule has 19 heavy (non-hydrogen) atoms. The van der Waals surface area contributed by atoms with Gasteiger partial charge in [-0.1, -0.05) is 24.3 Å². The zero-order chi connectivity index (χ0) is 13.9. The van der Waals surface area contributed by atoms with Gasteiger partial charge in [0.15, 0.2) is 9.84 Å². The fourth-order valence-corrected chi connectivity index (χ4v) is 3.26. The van der Waals surface area contributed by atoms with Crippen molar-refractivity contribution in [3.05, 3.63) is 46.9 Å². The van der Waals surface area contributed by atoms with Gasteiger partial charge in [-0.25, -0.2) is 8.42 Å². The SMILES string of the molecule is NCc1ccccc1CC(=O)NC1C=CS(=O)(=O)C1. The molecule has 1 heterocycles. The van der Waals surface area contributed by atoms with Crippen molar-refractivity contribution in [3.8, 4) is 0 Å². The molecule has 1 aromatic rings. The molecule has 0 saturated carbocycles. The Morgan fingerprint density at radius 3 is 2.58 bits per heavy atom. The first-order chi connectivity index (χ1) is 9.00. The highest BCUT2D eigenvalue weighted by molar-refractivity contribution is 7.94. The Morgan fingerprint density at radius 2 is 2.00 bits per heavy atom. The van der Waals surface area contributed by atoms with Crippen molar-refractivity contribution in [2.45, 2.75) is 19.0 Å². The minimum atomic E-state index is -3.14. The molecule has 1 unspecified atom stereocenters. The van der Waals surface area contributed by atoms with Gasteiger partial charge in [0.2, 0.25) is 5.91 Å². The molecule has 0 spiro atoms. The molecule has 0 aliphatic carbocycles. The molecule has 102 valence electrons. The molecule has 1 amide bonds. The lowest BCUT2D eigenvalue weighted by Gasteiger charge is -2.11. The molecular formula is C13H16N2O3S. The number of hydrogen-bond acceptors (Lipinski definition) is 4. The van der Waals surface area contributed by atoms with Gasteiger partial charge in [-0.2, -0.15) is 0 Å². The second-order valence-corrected chi connectivity index (χ2v) is 6.41. The number of nitrogens with one attached hydrogen (secondary N) is 1. The first-order valence-corrected chi connectivity index (χ1v) is 7.69. The Bertz CT molecular complexity index is 608. The number of rotatable bonds is 4. The molecule has 1 aromatic carbocycles. The van der Waals surface area contributed by atoms with Crippen molar-refractivity contribution in [2.24, 2.45) is 5.73 Å². The quantitative estimate of drug-likeness (QED) is 0.819. The average molecular weight is 280 g/mol. The van der Waals surface area contributed by atoms with Crippen LogP contribution < -0.4 is 11.1 Å². The van der Waals surface area contributed by atoms with E-state index in [0.29, 0.717) is 6.54 Å². The smallest absolute Gasteiger partial charge is 0.224 e. The molecule has 0 fully saturated rings. The van der Waals surface area contributed by atoms with Gasteiger partial charge in [-0.05, 0) is 17.2 Å². The van der Waals surface area contributed by atoms with Crippen LogP contribution in [0, 0.1) is 0 Å². The predicted molar refractivity (Wildman–Crippen MR) is 72.9 cm³/mol. The maximum Gasteiger partial charge on any atom is 0.224 e. The summed E-state index contributed by atoms with van der Waals surface area (Å²) in [6.45, 7) is 0.376. The molecule has 6 heteroatoms. The second kappa shape index (κ2) is 5.54. The summed E-state index contributed by atoms with van der Waals surface area (Å²) < 4.78 is 22.5. The number of carbonyl (C=O) groups excluding carboxylic acids is 1. The molecule has 3 N–H and O–H groups in total. The summed E-state index contributed by atoms with van der Waals surface area (Å²) in [6.07, 6.45) is 1.71. The van der Waals surface area contributed by atoms with Gasteiger partial charge < -0.3 is 11.1 Å². The maximum absolute atomic E-state index is 11.9. The van der Waals surface area contributed by atoms with E-state index in [2.05, 4.69) is 5.32 Å². The van der Waals surface area contributed by atoms with E-state index in [1.807, 2.05) is 24.3 Å². The molecule has 1 aliphatic rings. The topological polar surface area (TPSA) is 89.3 Å². The van der Waals surface area contributed by atoms with Gasteiger partial charge in [-0.15, -0.1) is 0 Å². The molecule has 1 aliphatic heterocycles. The largest absolute Gasteiger partial charge is 0.349 e. The highest BCUT2D eigenvalue weighted by atomic mass is 32.2. The molecule has 5 nitrogen and oxygen atoms in total. The first-order valence-electron chi connectivity index (χ1n) is 5.97. The van der Waals surface area contributed by atoms with Crippen LogP contribution in [0.4, 0.5) is 0 Å². The van der Waals surface area contributed by atoms with Crippen molar-refractivity contribution >= 4 is 15.7 Å². The van der Waals surface area contributed by atoms with Crippen LogP contribution >= 0.6 is 0 Å². The van der Waals surface area contributed by atoms with E-state index in [0.717, 1.165) is 16.5 Å². The minimum absolute atomic E-state index is 0.0583. The van der Waals surface area contributed by atoms with E-state index in [1.165, 1.54) is 6.08 Å². The van der Waals surface area contributed by atoms with Gasteiger partial charge in [0, 0.05) is 12.0 Å². The Labute approximate surface area is 112 Å².